The van der Waals surface area contributed by atoms with Crippen molar-refractivity contribution in [2.75, 3.05) is 11.4 Å². The van der Waals surface area contributed by atoms with Gasteiger partial charge in [0.05, 0.1) is 5.69 Å². The number of aromatic nitrogens is 1. The molecule has 6 heteroatoms. The Morgan fingerprint density at radius 1 is 1.08 bits per heavy atom. The second kappa shape index (κ2) is 6.12. The summed E-state index contributed by atoms with van der Waals surface area (Å²) in [6.07, 6.45) is 0.952. The van der Waals surface area contributed by atoms with Crippen molar-refractivity contribution in [3.05, 3.63) is 71.5 Å². The maximum Gasteiger partial charge on any atom is 0.296 e. The molecule has 1 aliphatic rings. The predicted octanol–water partition coefficient (Wildman–Crippen LogP) is 4.21. The highest BCUT2D eigenvalue weighted by Gasteiger charge is 2.30. The van der Waals surface area contributed by atoms with E-state index in [0.717, 1.165) is 17.7 Å². The largest absolute Gasteiger partial charge is 0.350 e. The maximum absolute atomic E-state index is 14.2. The first-order valence-corrected chi connectivity index (χ1v) is 7.96. The van der Waals surface area contributed by atoms with E-state index in [2.05, 4.69) is 5.16 Å². The molecule has 0 spiro atoms. The van der Waals surface area contributed by atoms with Crippen LogP contribution >= 0.6 is 0 Å². The van der Waals surface area contributed by atoms with Crippen molar-refractivity contribution in [2.45, 2.75) is 12.8 Å². The SMILES string of the molecule is O=C(c1cc(-c2ccccc2)no1)N1CCCc2c(F)ccc(F)c21. The molecule has 0 bridgehead atoms. The average molecular weight is 340 g/mol. The van der Waals surface area contributed by atoms with Gasteiger partial charge >= 0.3 is 0 Å². The number of carbonyl (C=O) groups excluding carboxylic acids is 1. The molecule has 2 aromatic carbocycles. The first kappa shape index (κ1) is 15.5. The number of nitrogens with zero attached hydrogens (tertiary/aromatic N) is 2. The van der Waals surface area contributed by atoms with E-state index in [1.165, 1.54) is 11.0 Å². The third kappa shape index (κ3) is 2.69. The van der Waals surface area contributed by atoms with E-state index < -0.39 is 17.5 Å². The number of amides is 1. The zero-order valence-corrected chi connectivity index (χ0v) is 13.2. The first-order chi connectivity index (χ1) is 12.1. The molecule has 1 aromatic heterocycles. The Kier molecular flexibility index (Phi) is 3.80. The zero-order chi connectivity index (χ0) is 17.4. The van der Waals surface area contributed by atoms with Gasteiger partial charge in [0.1, 0.15) is 17.3 Å². The van der Waals surface area contributed by atoms with Gasteiger partial charge in [-0.3, -0.25) is 4.79 Å². The highest BCUT2D eigenvalue weighted by atomic mass is 19.1. The zero-order valence-electron chi connectivity index (χ0n) is 13.2. The number of rotatable bonds is 2. The summed E-state index contributed by atoms with van der Waals surface area (Å²) in [6, 6.07) is 12.9. The molecule has 0 atom stereocenters. The summed E-state index contributed by atoms with van der Waals surface area (Å²) in [5.41, 5.74) is 1.54. The number of carbonyl (C=O) groups is 1. The Hall–Kier alpha value is -3.02. The molecule has 126 valence electrons. The molecule has 1 amide bonds. The molecule has 2 heterocycles. The molecule has 4 nitrogen and oxygen atoms in total. The third-order valence-corrected chi connectivity index (χ3v) is 4.29. The number of halogens is 2. The fourth-order valence-corrected chi connectivity index (χ4v) is 3.10. The summed E-state index contributed by atoms with van der Waals surface area (Å²) in [4.78, 5) is 14.0. The molecule has 0 saturated heterocycles. The molecular formula is C19H14F2N2O2. The molecule has 25 heavy (non-hydrogen) atoms. The highest BCUT2D eigenvalue weighted by molar-refractivity contribution is 6.05. The fourth-order valence-electron chi connectivity index (χ4n) is 3.10. The quantitative estimate of drug-likeness (QED) is 0.702. The molecule has 1 aliphatic heterocycles. The topological polar surface area (TPSA) is 46.3 Å². The van der Waals surface area contributed by atoms with Crippen LogP contribution < -0.4 is 4.90 Å². The van der Waals surface area contributed by atoms with Crippen LogP contribution in [0.15, 0.2) is 53.1 Å². The van der Waals surface area contributed by atoms with Crippen molar-refractivity contribution in [2.24, 2.45) is 0 Å². The van der Waals surface area contributed by atoms with Crippen molar-refractivity contribution in [1.82, 2.24) is 5.16 Å². The molecule has 0 aliphatic carbocycles. The van der Waals surface area contributed by atoms with Crippen LogP contribution in [0.1, 0.15) is 22.5 Å². The fraction of sp³-hybridized carbons (Fsp3) is 0.158. The van der Waals surface area contributed by atoms with Crippen LogP contribution in [0, 0.1) is 11.6 Å². The van der Waals surface area contributed by atoms with Crippen LogP contribution in [-0.4, -0.2) is 17.6 Å². The van der Waals surface area contributed by atoms with Gasteiger partial charge in [-0.25, -0.2) is 8.78 Å². The summed E-state index contributed by atoms with van der Waals surface area (Å²) >= 11 is 0. The smallest absolute Gasteiger partial charge is 0.296 e. The van der Waals surface area contributed by atoms with Crippen molar-refractivity contribution in [1.29, 1.82) is 0 Å². The minimum atomic E-state index is -0.618. The van der Waals surface area contributed by atoms with E-state index in [9.17, 15) is 13.6 Å². The molecule has 0 unspecified atom stereocenters. The minimum absolute atomic E-state index is 0.00429. The van der Waals surface area contributed by atoms with Gasteiger partial charge in [-0.05, 0) is 25.0 Å². The van der Waals surface area contributed by atoms with E-state index in [-0.39, 0.29) is 17.0 Å². The first-order valence-electron chi connectivity index (χ1n) is 7.96. The second-order valence-corrected chi connectivity index (χ2v) is 5.86. The lowest BCUT2D eigenvalue weighted by Gasteiger charge is -2.29. The highest BCUT2D eigenvalue weighted by Crippen LogP contribution is 2.33. The van der Waals surface area contributed by atoms with Crippen LogP contribution in [-0.2, 0) is 6.42 Å². The number of benzene rings is 2. The number of hydrogen-bond acceptors (Lipinski definition) is 3. The Balaban J connectivity index is 1.70. The molecule has 0 fully saturated rings. The molecular weight excluding hydrogens is 326 g/mol. The van der Waals surface area contributed by atoms with E-state index in [0.29, 0.717) is 25.1 Å². The lowest BCUT2D eigenvalue weighted by molar-refractivity contribution is 0.0948. The van der Waals surface area contributed by atoms with Gasteiger partial charge in [-0.1, -0.05) is 35.5 Å². The van der Waals surface area contributed by atoms with Crippen molar-refractivity contribution in [3.63, 3.8) is 0 Å². The number of hydrogen-bond donors (Lipinski definition) is 0. The predicted molar refractivity (Wildman–Crippen MR) is 88.3 cm³/mol. The van der Waals surface area contributed by atoms with Gasteiger partial charge in [0.2, 0.25) is 5.76 Å². The van der Waals surface area contributed by atoms with Gasteiger partial charge in [-0.2, -0.15) is 0 Å². The third-order valence-electron chi connectivity index (χ3n) is 4.29. The van der Waals surface area contributed by atoms with Crippen LogP contribution in [0.5, 0.6) is 0 Å². The van der Waals surface area contributed by atoms with Gasteiger partial charge in [0, 0.05) is 23.7 Å². The Morgan fingerprint density at radius 2 is 1.84 bits per heavy atom. The Labute approximate surface area is 142 Å². The minimum Gasteiger partial charge on any atom is -0.350 e. The van der Waals surface area contributed by atoms with Crippen molar-refractivity contribution >= 4 is 11.6 Å². The second-order valence-electron chi connectivity index (χ2n) is 5.86. The van der Waals surface area contributed by atoms with Crippen LogP contribution in [0.2, 0.25) is 0 Å². The van der Waals surface area contributed by atoms with Gasteiger partial charge in [0.15, 0.2) is 0 Å². The lowest BCUT2D eigenvalue weighted by atomic mass is 10.00. The maximum atomic E-state index is 14.2. The van der Waals surface area contributed by atoms with Crippen molar-refractivity contribution < 1.29 is 18.1 Å². The average Bonchev–Trinajstić information content (AvgIpc) is 3.15. The van der Waals surface area contributed by atoms with E-state index >= 15 is 0 Å². The number of anilines is 1. The monoisotopic (exact) mass is 340 g/mol. The standard InChI is InChI=1S/C19H14F2N2O2/c20-14-8-9-15(21)18-13(14)7-4-10-23(18)19(24)17-11-16(22-25-17)12-5-2-1-3-6-12/h1-3,5-6,8-9,11H,4,7,10H2. The van der Waals surface area contributed by atoms with Gasteiger partial charge in [0.25, 0.3) is 5.91 Å². The van der Waals surface area contributed by atoms with Gasteiger partial charge < -0.3 is 9.42 Å². The summed E-state index contributed by atoms with van der Waals surface area (Å²) in [7, 11) is 0. The summed E-state index contributed by atoms with van der Waals surface area (Å²) in [5.74, 6) is -1.65. The van der Waals surface area contributed by atoms with Crippen molar-refractivity contribution in [3.8, 4) is 11.3 Å². The molecule has 4 rings (SSSR count). The molecule has 3 aromatic rings. The molecule has 0 saturated carbocycles. The van der Waals surface area contributed by atoms with Crippen LogP contribution in [0.25, 0.3) is 11.3 Å². The summed E-state index contributed by atoms with van der Waals surface area (Å²) in [6.45, 7) is 0.299. The number of fused-ring (bicyclic) bond motifs is 1. The van der Waals surface area contributed by atoms with Gasteiger partial charge in [-0.15, -0.1) is 0 Å². The normalized spacial score (nSPS) is 13.6. The molecule has 0 radical (unpaired) electrons. The Bertz CT molecular complexity index is 938. The Morgan fingerprint density at radius 3 is 2.64 bits per heavy atom. The summed E-state index contributed by atoms with van der Waals surface area (Å²) < 4.78 is 33.4. The molecule has 0 N–H and O–H groups in total. The van der Waals surface area contributed by atoms with E-state index in [4.69, 9.17) is 4.52 Å². The van der Waals surface area contributed by atoms with Crippen LogP contribution in [0.4, 0.5) is 14.5 Å². The van der Waals surface area contributed by atoms with E-state index in [1.54, 1.807) is 0 Å². The summed E-state index contributed by atoms with van der Waals surface area (Å²) in [5, 5.41) is 3.91. The van der Waals surface area contributed by atoms with E-state index in [1.807, 2.05) is 30.3 Å². The van der Waals surface area contributed by atoms with Crippen LogP contribution in [0.3, 0.4) is 0 Å². The lowest BCUT2D eigenvalue weighted by Crippen LogP contribution is -2.36.